The van der Waals surface area contributed by atoms with Crippen molar-refractivity contribution in [2.45, 2.75) is 71.9 Å². The van der Waals surface area contributed by atoms with Crippen LogP contribution in [0.3, 0.4) is 0 Å². The Labute approximate surface area is 108 Å². The molecule has 2 heteroatoms. The van der Waals surface area contributed by atoms with Gasteiger partial charge >= 0.3 is 0 Å². The zero-order chi connectivity index (χ0) is 12.9. The molecule has 0 aromatic heterocycles. The van der Waals surface area contributed by atoms with Gasteiger partial charge in [-0.25, -0.2) is 0 Å². The molecule has 1 N–H and O–H groups in total. The molecule has 0 aliphatic heterocycles. The number of hydrogen-bond acceptors (Lipinski definition) is 2. The Hall–Kier alpha value is -0.0800. The Morgan fingerprint density at radius 3 is 2.71 bits per heavy atom. The van der Waals surface area contributed by atoms with Crippen molar-refractivity contribution in [2.75, 3.05) is 20.1 Å². The van der Waals surface area contributed by atoms with Crippen molar-refractivity contribution in [1.29, 1.82) is 0 Å². The third kappa shape index (κ3) is 5.39. The van der Waals surface area contributed by atoms with E-state index in [0.717, 1.165) is 12.6 Å². The van der Waals surface area contributed by atoms with Gasteiger partial charge in [-0.05, 0) is 45.1 Å². The highest BCUT2D eigenvalue weighted by Gasteiger charge is 2.27. The minimum absolute atomic E-state index is 0.554. The molecule has 0 bridgehead atoms. The molecular weight excluding hydrogens is 208 g/mol. The highest BCUT2D eigenvalue weighted by atomic mass is 15.1. The number of nitrogens with one attached hydrogen (secondary N) is 1. The molecule has 2 atom stereocenters. The van der Waals surface area contributed by atoms with E-state index in [0.29, 0.717) is 11.5 Å². The quantitative estimate of drug-likeness (QED) is 0.766. The zero-order valence-electron chi connectivity index (χ0n) is 12.6. The van der Waals surface area contributed by atoms with E-state index >= 15 is 0 Å². The highest BCUT2D eigenvalue weighted by Crippen LogP contribution is 2.34. The lowest BCUT2D eigenvalue weighted by atomic mass is 9.75. The van der Waals surface area contributed by atoms with Crippen LogP contribution in [0.4, 0.5) is 0 Å². The molecule has 17 heavy (non-hydrogen) atoms. The second-order valence-electron chi connectivity index (χ2n) is 6.65. The summed E-state index contributed by atoms with van der Waals surface area (Å²) in [4.78, 5) is 2.46. The first-order valence-electron chi connectivity index (χ1n) is 7.38. The molecule has 2 unspecified atom stereocenters. The summed E-state index contributed by atoms with van der Waals surface area (Å²) < 4.78 is 0. The number of hydrogen-bond donors (Lipinski definition) is 1. The van der Waals surface area contributed by atoms with Crippen molar-refractivity contribution in [2.24, 2.45) is 5.41 Å². The molecule has 1 saturated carbocycles. The minimum atomic E-state index is 0.554. The van der Waals surface area contributed by atoms with Crippen LogP contribution in [0.2, 0.25) is 0 Å². The van der Waals surface area contributed by atoms with Gasteiger partial charge < -0.3 is 10.2 Å². The number of likely N-dealkylation sites (N-methyl/N-ethyl adjacent to an activating group) is 1. The van der Waals surface area contributed by atoms with Crippen molar-refractivity contribution in [3.8, 4) is 0 Å². The molecule has 2 nitrogen and oxygen atoms in total. The van der Waals surface area contributed by atoms with Crippen LogP contribution in [0.5, 0.6) is 0 Å². The van der Waals surface area contributed by atoms with Crippen molar-refractivity contribution >= 4 is 0 Å². The largest absolute Gasteiger partial charge is 0.313 e. The van der Waals surface area contributed by atoms with Crippen LogP contribution in [-0.2, 0) is 0 Å². The summed E-state index contributed by atoms with van der Waals surface area (Å²) in [6.45, 7) is 11.7. The third-order valence-electron chi connectivity index (χ3n) is 4.45. The summed E-state index contributed by atoms with van der Waals surface area (Å²) in [6, 6.07) is 1.46. The van der Waals surface area contributed by atoms with Gasteiger partial charge in [0.25, 0.3) is 0 Å². The molecule has 1 aliphatic carbocycles. The van der Waals surface area contributed by atoms with E-state index in [2.05, 4.69) is 45.0 Å². The maximum absolute atomic E-state index is 3.75. The molecule has 0 amide bonds. The summed E-state index contributed by atoms with van der Waals surface area (Å²) >= 11 is 0. The second kappa shape index (κ2) is 6.75. The van der Waals surface area contributed by atoms with Crippen molar-refractivity contribution in [3.05, 3.63) is 0 Å². The van der Waals surface area contributed by atoms with Crippen molar-refractivity contribution < 1.29 is 0 Å². The van der Waals surface area contributed by atoms with E-state index < -0.39 is 0 Å². The van der Waals surface area contributed by atoms with Crippen LogP contribution in [-0.4, -0.2) is 37.1 Å². The van der Waals surface area contributed by atoms with Gasteiger partial charge in [0.1, 0.15) is 0 Å². The highest BCUT2D eigenvalue weighted by molar-refractivity contribution is 4.83. The number of rotatable bonds is 6. The molecule has 0 heterocycles. The van der Waals surface area contributed by atoms with Gasteiger partial charge in [-0.15, -0.1) is 0 Å². The molecule has 0 spiro atoms. The van der Waals surface area contributed by atoms with E-state index in [1.165, 1.54) is 38.6 Å². The fourth-order valence-corrected chi connectivity index (χ4v) is 2.85. The topological polar surface area (TPSA) is 15.3 Å². The molecule has 0 radical (unpaired) electrons. The average molecular weight is 240 g/mol. The van der Waals surface area contributed by atoms with Crippen molar-refractivity contribution in [3.63, 3.8) is 0 Å². The fourth-order valence-electron chi connectivity index (χ4n) is 2.85. The second-order valence-corrected chi connectivity index (χ2v) is 6.65. The van der Waals surface area contributed by atoms with Crippen LogP contribution in [0.25, 0.3) is 0 Å². The van der Waals surface area contributed by atoms with Crippen LogP contribution < -0.4 is 5.32 Å². The first-order valence-corrected chi connectivity index (χ1v) is 7.38. The molecule has 1 fully saturated rings. The van der Waals surface area contributed by atoms with E-state index in [9.17, 15) is 0 Å². The first kappa shape index (κ1) is 15.0. The SMILES string of the molecule is CCC(C)N(C)CCNC1CCCC(C)(C)C1. The standard InChI is InChI=1S/C15H32N2/c1-6-13(2)17(5)11-10-16-14-8-7-9-15(3,4)12-14/h13-14,16H,6-12H2,1-5H3. The van der Waals surface area contributed by atoms with Gasteiger partial charge in [0.2, 0.25) is 0 Å². The smallest absolute Gasteiger partial charge is 0.0107 e. The van der Waals surface area contributed by atoms with Crippen LogP contribution in [0, 0.1) is 5.41 Å². The predicted molar refractivity (Wildman–Crippen MR) is 76.4 cm³/mol. The van der Waals surface area contributed by atoms with Gasteiger partial charge in [-0.1, -0.05) is 27.2 Å². The molecule has 1 rings (SSSR count). The molecule has 0 saturated heterocycles. The molecule has 0 aromatic carbocycles. The van der Waals surface area contributed by atoms with E-state index in [1.54, 1.807) is 0 Å². The Morgan fingerprint density at radius 1 is 1.41 bits per heavy atom. The maximum atomic E-state index is 3.75. The minimum Gasteiger partial charge on any atom is -0.313 e. The Balaban J connectivity index is 2.18. The van der Waals surface area contributed by atoms with E-state index in [4.69, 9.17) is 0 Å². The lowest BCUT2D eigenvalue weighted by Crippen LogP contribution is -2.42. The predicted octanol–water partition coefficient (Wildman–Crippen LogP) is 3.28. The maximum Gasteiger partial charge on any atom is 0.0107 e. The fraction of sp³-hybridized carbons (Fsp3) is 1.00. The summed E-state index contributed by atoms with van der Waals surface area (Å²) in [6.07, 6.45) is 6.76. The van der Waals surface area contributed by atoms with Gasteiger partial charge in [0, 0.05) is 25.2 Å². The summed E-state index contributed by atoms with van der Waals surface area (Å²) in [7, 11) is 2.24. The third-order valence-corrected chi connectivity index (χ3v) is 4.45. The van der Waals surface area contributed by atoms with Crippen LogP contribution in [0.15, 0.2) is 0 Å². The van der Waals surface area contributed by atoms with E-state index in [-0.39, 0.29) is 0 Å². The normalized spacial score (nSPS) is 26.1. The molecule has 1 aliphatic rings. The van der Waals surface area contributed by atoms with Gasteiger partial charge in [-0.2, -0.15) is 0 Å². The Kier molecular flexibility index (Phi) is 5.94. The van der Waals surface area contributed by atoms with E-state index in [1.807, 2.05) is 0 Å². The Bertz CT molecular complexity index is 213. The number of nitrogens with zero attached hydrogens (tertiary/aromatic N) is 1. The zero-order valence-corrected chi connectivity index (χ0v) is 12.6. The van der Waals surface area contributed by atoms with Crippen LogP contribution in [0.1, 0.15) is 59.8 Å². The lowest BCUT2D eigenvalue weighted by Gasteiger charge is -2.36. The van der Waals surface area contributed by atoms with Crippen LogP contribution >= 0.6 is 0 Å². The molecule has 102 valence electrons. The average Bonchev–Trinajstić information content (AvgIpc) is 2.26. The van der Waals surface area contributed by atoms with Gasteiger partial charge in [-0.3, -0.25) is 0 Å². The summed E-state index contributed by atoms with van der Waals surface area (Å²) in [5, 5.41) is 3.75. The first-order chi connectivity index (χ1) is 7.94. The van der Waals surface area contributed by atoms with Gasteiger partial charge in [0.15, 0.2) is 0 Å². The monoisotopic (exact) mass is 240 g/mol. The van der Waals surface area contributed by atoms with Crippen molar-refractivity contribution in [1.82, 2.24) is 10.2 Å². The van der Waals surface area contributed by atoms with Gasteiger partial charge in [0.05, 0.1) is 0 Å². The molecule has 0 aromatic rings. The summed E-state index contributed by atoms with van der Waals surface area (Å²) in [5.74, 6) is 0. The summed E-state index contributed by atoms with van der Waals surface area (Å²) in [5.41, 5.74) is 0.554. The Morgan fingerprint density at radius 2 is 2.12 bits per heavy atom. The molecular formula is C15H32N2. The lowest BCUT2D eigenvalue weighted by molar-refractivity contribution is 0.189.